The molecule has 1 fully saturated rings. The van der Waals surface area contributed by atoms with E-state index in [2.05, 4.69) is 10.6 Å². The predicted molar refractivity (Wildman–Crippen MR) is 47.1 cm³/mol. The van der Waals surface area contributed by atoms with Gasteiger partial charge in [-0.1, -0.05) is 0 Å². The van der Waals surface area contributed by atoms with E-state index in [0.717, 1.165) is 13.1 Å². The van der Waals surface area contributed by atoms with E-state index in [1.54, 1.807) is 0 Å². The van der Waals surface area contributed by atoms with Crippen LogP contribution in [0.3, 0.4) is 0 Å². The molecule has 1 aliphatic rings. The first-order valence-corrected chi connectivity index (χ1v) is 4.17. The molecule has 1 amide bonds. The Hall–Kier alpha value is -0.480. The molecule has 1 rings (SSSR count). The van der Waals surface area contributed by atoms with E-state index < -0.39 is 5.60 Å². The van der Waals surface area contributed by atoms with Gasteiger partial charge in [0.2, 0.25) is 0 Å². The van der Waals surface area contributed by atoms with Gasteiger partial charge in [0.15, 0.2) is 0 Å². The monoisotopic (exact) mass is 208 g/mol. The molecule has 0 spiro atoms. The summed E-state index contributed by atoms with van der Waals surface area (Å²) in [4.78, 5) is 11.1. The van der Waals surface area contributed by atoms with Crippen molar-refractivity contribution in [1.82, 2.24) is 10.6 Å². The molecule has 5 heteroatoms. The summed E-state index contributed by atoms with van der Waals surface area (Å²) >= 11 is 0. The summed E-state index contributed by atoms with van der Waals surface area (Å²) < 4.78 is 5.07. The first-order chi connectivity index (χ1) is 5.47. The molecule has 0 unspecified atom stereocenters. The van der Waals surface area contributed by atoms with E-state index in [-0.39, 0.29) is 26.0 Å². The van der Waals surface area contributed by atoms with Crippen molar-refractivity contribution >= 4 is 6.09 Å². The van der Waals surface area contributed by atoms with Gasteiger partial charge in [-0.2, -0.15) is 0 Å². The molecule has 78 valence electrons. The van der Waals surface area contributed by atoms with E-state index in [1.165, 1.54) is 0 Å². The van der Waals surface area contributed by atoms with Crippen LogP contribution in [0.2, 0.25) is 0 Å². The van der Waals surface area contributed by atoms with Gasteiger partial charge in [-0.15, -0.1) is 0 Å². The lowest BCUT2D eigenvalue weighted by Gasteiger charge is -2.29. The van der Waals surface area contributed by atoms with Gasteiger partial charge in [-0.05, 0) is 20.8 Å². The molecular weight excluding hydrogens is 192 g/mol. The molecule has 0 aromatic carbocycles. The van der Waals surface area contributed by atoms with Crippen molar-refractivity contribution in [3.05, 3.63) is 0 Å². The lowest BCUT2D eigenvalue weighted by molar-refractivity contribution is -0.0000268. The molecule has 0 saturated carbocycles. The van der Waals surface area contributed by atoms with Gasteiger partial charge in [-0.3, -0.25) is 0 Å². The number of rotatable bonds is 1. The predicted octanol–water partition coefficient (Wildman–Crippen LogP) is -2.40. The van der Waals surface area contributed by atoms with Crippen LogP contribution in [-0.4, -0.2) is 30.8 Å². The van der Waals surface area contributed by atoms with E-state index in [9.17, 15) is 4.79 Å². The number of ether oxygens (including phenoxy) is 1. The summed E-state index contributed by atoms with van der Waals surface area (Å²) in [5.74, 6) is 0. The highest BCUT2D eigenvalue weighted by Crippen LogP contribution is 2.06. The van der Waals surface area contributed by atoms with Crippen LogP contribution in [-0.2, 0) is 4.74 Å². The molecule has 4 nitrogen and oxygen atoms in total. The fourth-order valence-corrected chi connectivity index (χ4v) is 0.865. The quantitative estimate of drug-likeness (QED) is 0.505. The third-order valence-corrected chi connectivity index (χ3v) is 1.50. The normalized spacial score (nSPS) is 16.8. The summed E-state index contributed by atoms with van der Waals surface area (Å²) in [6, 6.07) is 0.250. The van der Waals surface area contributed by atoms with Gasteiger partial charge in [0.05, 0.1) is 6.04 Å². The number of nitrogens with one attached hydrogen (secondary N) is 2. The number of carbonyl (C=O) groups is 1. The minimum atomic E-state index is -0.402. The van der Waals surface area contributed by atoms with Crippen LogP contribution in [0.15, 0.2) is 0 Å². The summed E-state index contributed by atoms with van der Waals surface area (Å²) in [6.07, 6.45) is -0.325. The maximum Gasteiger partial charge on any atom is 1.00 e. The second-order valence-electron chi connectivity index (χ2n) is 4.00. The Balaban J connectivity index is 0. The maximum absolute atomic E-state index is 11.1. The van der Waals surface area contributed by atoms with Crippen molar-refractivity contribution < 1.29 is 23.4 Å². The van der Waals surface area contributed by atoms with Gasteiger partial charge in [0, 0.05) is 13.1 Å². The number of hydrogen-bond donors (Lipinski definition) is 2. The Morgan fingerprint density at radius 2 is 2.08 bits per heavy atom. The van der Waals surface area contributed by atoms with Crippen LogP contribution in [0.5, 0.6) is 0 Å². The average molecular weight is 209 g/mol. The van der Waals surface area contributed by atoms with Gasteiger partial charge >= 0.3 is 7.52 Å². The van der Waals surface area contributed by atoms with Crippen LogP contribution < -0.4 is 23.0 Å². The Morgan fingerprint density at radius 3 is 2.38 bits per heavy atom. The molecule has 0 bridgehead atoms. The molecule has 0 aromatic rings. The average Bonchev–Trinajstić information content (AvgIpc) is 1.74. The molecule has 2 N–H and O–H groups in total. The van der Waals surface area contributed by atoms with Gasteiger partial charge in [0.1, 0.15) is 5.60 Å². The molecule has 1 aliphatic heterocycles. The lowest BCUT2D eigenvalue weighted by atomic mass is 10.2. The SMILES string of the molecule is CC(C)(C)OC(=O)NC1CNC1.[Cl-].[H+]. The molecule has 0 aliphatic carbocycles. The first-order valence-electron chi connectivity index (χ1n) is 4.17. The second kappa shape index (κ2) is 4.67. The summed E-state index contributed by atoms with van der Waals surface area (Å²) in [7, 11) is 0. The molecule has 1 saturated heterocycles. The summed E-state index contributed by atoms with van der Waals surface area (Å²) in [6.45, 7) is 7.25. The summed E-state index contributed by atoms with van der Waals surface area (Å²) in [5, 5.41) is 5.81. The number of halogens is 1. The number of hydrogen-bond acceptors (Lipinski definition) is 3. The van der Waals surface area contributed by atoms with Gasteiger partial charge in [-0.25, -0.2) is 4.79 Å². The Morgan fingerprint density at radius 1 is 1.54 bits per heavy atom. The van der Waals surface area contributed by atoms with Crippen LogP contribution >= 0.6 is 0 Å². The van der Waals surface area contributed by atoms with Crippen molar-refractivity contribution in [3.8, 4) is 0 Å². The minimum absolute atomic E-state index is 0. The molecule has 0 atom stereocenters. The highest BCUT2D eigenvalue weighted by Gasteiger charge is 2.22. The maximum atomic E-state index is 11.1. The zero-order valence-electron chi connectivity index (χ0n) is 9.19. The zero-order valence-corrected chi connectivity index (χ0v) is 8.94. The smallest absolute Gasteiger partial charge is 1.00 e. The fraction of sp³-hybridized carbons (Fsp3) is 0.875. The third kappa shape index (κ3) is 4.95. The fourth-order valence-electron chi connectivity index (χ4n) is 0.865. The zero-order chi connectivity index (χ0) is 9.19. The van der Waals surface area contributed by atoms with Crippen LogP contribution in [0.25, 0.3) is 0 Å². The Kier molecular flexibility index (Phi) is 4.50. The Bertz CT molecular complexity index is 181. The summed E-state index contributed by atoms with van der Waals surface area (Å²) in [5.41, 5.74) is -0.402. The minimum Gasteiger partial charge on any atom is -1.00 e. The van der Waals surface area contributed by atoms with Crippen molar-refractivity contribution in [3.63, 3.8) is 0 Å². The number of carbonyl (C=O) groups excluding carboxylic acids is 1. The second-order valence-corrected chi connectivity index (χ2v) is 4.00. The van der Waals surface area contributed by atoms with Crippen LogP contribution in [0.1, 0.15) is 22.2 Å². The van der Waals surface area contributed by atoms with Gasteiger partial charge in [0.25, 0.3) is 0 Å². The van der Waals surface area contributed by atoms with Crippen molar-refractivity contribution in [2.75, 3.05) is 13.1 Å². The topological polar surface area (TPSA) is 50.4 Å². The molecule has 0 radical (unpaired) electrons. The third-order valence-electron chi connectivity index (χ3n) is 1.50. The van der Waals surface area contributed by atoms with Gasteiger partial charge < -0.3 is 27.8 Å². The highest BCUT2D eigenvalue weighted by atomic mass is 35.5. The molecule has 13 heavy (non-hydrogen) atoms. The van der Waals surface area contributed by atoms with E-state index in [4.69, 9.17) is 4.74 Å². The molecule has 0 aromatic heterocycles. The first kappa shape index (κ1) is 12.5. The highest BCUT2D eigenvalue weighted by molar-refractivity contribution is 5.68. The molecular formula is C8H17ClN2O2. The van der Waals surface area contributed by atoms with Crippen molar-refractivity contribution in [2.45, 2.75) is 32.4 Å². The van der Waals surface area contributed by atoms with Crippen LogP contribution in [0, 0.1) is 0 Å². The van der Waals surface area contributed by atoms with Crippen molar-refractivity contribution in [1.29, 1.82) is 0 Å². The molecule has 1 heterocycles. The Labute approximate surface area is 86.3 Å². The van der Waals surface area contributed by atoms with Crippen LogP contribution in [0.4, 0.5) is 4.79 Å². The number of amides is 1. The van der Waals surface area contributed by atoms with E-state index >= 15 is 0 Å². The largest absolute Gasteiger partial charge is 1.00 e. The van der Waals surface area contributed by atoms with Crippen molar-refractivity contribution in [2.24, 2.45) is 0 Å². The van der Waals surface area contributed by atoms with E-state index in [1.807, 2.05) is 20.8 Å². The number of alkyl carbamates (subject to hydrolysis) is 1. The van der Waals surface area contributed by atoms with E-state index in [0.29, 0.717) is 0 Å². The lowest BCUT2D eigenvalue weighted by Crippen LogP contribution is -3.00. The standard InChI is InChI=1S/C8H16N2O2.ClH/c1-8(2,3)12-7(11)10-6-4-9-5-6;/h6,9H,4-5H2,1-3H3,(H,10,11);1H.